The van der Waals surface area contributed by atoms with E-state index in [1.54, 1.807) is 30.6 Å². The Bertz CT molecular complexity index is 741. The molecule has 0 saturated carbocycles. The van der Waals surface area contributed by atoms with E-state index in [9.17, 15) is 5.26 Å². The maximum absolute atomic E-state index is 9.99. The Hall–Kier alpha value is -1.54. The first kappa shape index (κ1) is 18.8. The van der Waals surface area contributed by atoms with Gasteiger partial charge in [0.1, 0.15) is 17.8 Å². The Labute approximate surface area is 154 Å². The van der Waals surface area contributed by atoms with Crippen LogP contribution in [-0.2, 0) is 5.41 Å². The van der Waals surface area contributed by atoms with Crippen molar-refractivity contribution in [2.75, 3.05) is 6.61 Å². The minimum atomic E-state index is -1.53. The van der Waals surface area contributed by atoms with Crippen LogP contribution in [0, 0.1) is 11.3 Å². The fourth-order valence-electron chi connectivity index (χ4n) is 2.70. The van der Waals surface area contributed by atoms with Crippen molar-refractivity contribution in [2.45, 2.75) is 31.1 Å². The molecule has 1 aromatic carbocycles. The molecule has 0 aliphatic carbocycles. The smallest absolute Gasteiger partial charge is 0.120 e. The van der Waals surface area contributed by atoms with Crippen molar-refractivity contribution in [1.82, 2.24) is 4.98 Å². The molecule has 1 heterocycles. The third-order valence-corrected chi connectivity index (χ3v) is 6.04. The van der Waals surface area contributed by atoms with Crippen molar-refractivity contribution in [3.8, 4) is 11.8 Å². The van der Waals surface area contributed by atoms with Crippen molar-refractivity contribution >= 4 is 31.3 Å². The van der Waals surface area contributed by atoms with Gasteiger partial charge in [-0.1, -0.05) is 48.9 Å². The summed E-state index contributed by atoms with van der Waals surface area (Å²) in [7, 11) is -1.53. The molecular weight excluding hydrogens is 359 g/mol. The van der Waals surface area contributed by atoms with Crippen LogP contribution in [0.5, 0.6) is 5.75 Å². The number of nitriles is 1. The van der Waals surface area contributed by atoms with E-state index in [2.05, 4.69) is 30.7 Å². The van der Waals surface area contributed by atoms with Gasteiger partial charge < -0.3 is 4.74 Å². The van der Waals surface area contributed by atoms with Crippen LogP contribution < -0.4 is 4.74 Å². The Kier molecular flexibility index (Phi) is 5.92. The number of rotatable bonds is 6. The van der Waals surface area contributed by atoms with Gasteiger partial charge in [0.05, 0.1) is 16.1 Å². The zero-order chi connectivity index (χ0) is 17.8. The summed E-state index contributed by atoms with van der Waals surface area (Å²) < 4.78 is 5.93. The maximum atomic E-state index is 9.99. The number of halogens is 2. The minimum Gasteiger partial charge on any atom is -0.492 e. The molecule has 2 aromatic rings. The van der Waals surface area contributed by atoms with Gasteiger partial charge in [0.15, 0.2) is 0 Å². The molecule has 0 saturated heterocycles. The van der Waals surface area contributed by atoms with Crippen molar-refractivity contribution in [1.29, 1.82) is 5.26 Å². The maximum Gasteiger partial charge on any atom is 0.120 e. The zero-order valence-corrected chi connectivity index (χ0v) is 16.5. The molecule has 1 unspecified atom stereocenters. The number of nitrogens with zero attached hydrogens (tertiary/aromatic N) is 2. The van der Waals surface area contributed by atoms with Crippen molar-refractivity contribution in [3.05, 3.63) is 58.3 Å². The lowest BCUT2D eigenvalue weighted by atomic mass is 9.85. The molecule has 1 atom stereocenters. The lowest BCUT2D eigenvalue weighted by Gasteiger charge is -2.32. The molecule has 0 aliphatic heterocycles. The second-order valence-corrected chi connectivity index (χ2v) is 13.3. The Balaban J connectivity index is 2.32. The minimum absolute atomic E-state index is 0.247. The fourth-order valence-corrected chi connectivity index (χ4v) is 5.18. The van der Waals surface area contributed by atoms with Gasteiger partial charge in [0.2, 0.25) is 0 Å². The Morgan fingerprint density at radius 2 is 1.96 bits per heavy atom. The average Bonchev–Trinajstić information content (AvgIpc) is 2.54. The van der Waals surface area contributed by atoms with E-state index >= 15 is 0 Å². The Morgan fingerprint density at radius 1 is 1.21 bits per heavy atom. The molecule has 0 spiro atoms. The molecule has 0 radical (unpaired) electrons. The third-order valence-electron chi connectivity index (χ3n) is 3.64. The lowest BCUT2D eigenvalue weighted by molar-refractivity contribution is 0.261. The van der Waals surface area contributed by atoms with Crippen LogP contribution in [0.4, 0.5) is 0 Å². The highest BCUT2D eigenvalue weighted by atomic mass is 35.5. The van der Waals surface area contributed by atoms with Crippen LogP contribution in [0.15, 0.2) is 42.7 Å². The molecule has 2 rings (SSSR count). The number of benzene rings is 1. The van der Waals surface area contributed by atoms with Crippen LogP contribution >= 0.6 is 23.2 Å². The second kappa shape index (κ2) is 7.56. The number of aromatic nitrogens is 1. The monoisotopic (exact) mass is 378 g/mol. The summed E-state index contributed by atoms with van der Waals surface area (Å²) >= 11 is 12.0. The van der Waals surface area contributed by atoms with Crippen molar-refractivity contribution in [2.24, 2.45) is 0 Å². The van der Waals surface area contributed by atoms with Crippen LogP contribution in [0.3, 0.4) is 0 Å². The molecular formula is C18H20Cl2N2OSi. The van der Waals surface area contributed by atoms with Gasteiger partial charge in [-0.05, 0) is 29.8 Å². The van der Waals surface area contributed by atoms with Crippen LogP contribution in [0.1, 0.15) is 5.56 Å². The van der Waals surface area contributed by atoms with Gasteiger partial charge in [-0.15, -0.1) is 0 Å². The number of hydrogen-bond acceptors (Lipinski definition) is 3. The number of ether oxygens (including phenoxy) is 1. The van der Waals surface area contributed by atoms with E-state index in [1.807, 2.05) is 12.1 Å². The first-order chi connectivity index (χ1) is 11.3. The van der Waals surface area contributed by atoms with E-state index in [-0.39, 0.29) is 6.61 Å². The summed E-state index contributed by atoms with van der Waals surface area (Å²) in [6.07, 6.45) is 3.46. The lowest BCUT2D eigenvalue weighted by Crippen LogP contribution is -2.39. The van der Waals surface area contributed by atoms with Gasteiger partial charge >= 0.3 is 0 Å². The van der Waals surface area contributed by atoms with Gasteiger partial charge in [0.25, 0.3) is 0 Å². The first-order valence-electron chi connectivity index (χ1n) is 7.65. The highest BCUT2D eigenvalue weighted by Gasteiger charge is 2.38. The van der Waals surface area contributed by atoms with Gasteiger partial charge in [-0.2, -0.15) is 5.26 Å². The van der Waals surface area contributed by atoms with Gasteiger partial charge in [-0.25, -0.2) is 0 Å². The van der Waals surface area contributed by atoms with Crippen molar-refractivity contribution in [3.63, 3.8) is 0 Å². The number of pyridine rings is 1. The molecule has 6 heteroatoms. The summed E-state index contributed by atoms with van der Waals surface area (Å²) in [5, 5.41) is 10.9. The standard InChI is InChI=1S/C18H20Cl2N2OSi/c1-24(2,3)13-18(11-21,14-5-4-8-22-10-14)12-23-15-6-7-16(19)17(20)9-15/h4-10H,12-13H2,1-3H3. The average molecular weight is 379 g/mol. The van der Waals surface area contributed by atoms with Crippen LogP contribution in [-0.4, -0.2) is 19.7 Å². The molecule has 1 aromatic heterocycles. The molecule has 0 aliphatic rings. The largest absolute Gasteiger partial charge is 0.492 e. The van der Waals surface area contributed by atoms with E-state index in [0.29, 0.717) is 15.8 Å². The molecule has 0 amide bonds. The quantitative estimate of drug-likeness (QED) is 0.617. The van der Waals surface area contributed by atoms with Gasteiger partial charge in [0, 0.05) is 26.5 Å². The normalized spacial score (nSPS) is 13.8. The van der Waals surface area contributed by atoms with E-state index in [4.69, 9.17) is 27.9 Å². The predicted molar refractivity (Wildman–Crippen MR) is 102 cm³/mol. The number of hydrogen-bond donors (Lipinski definition) is 0. The predicted octanol–water partition coefficient (Wildman–Crippen LogP) is 5.57. The van der Waals surface area contributed by atoms with E-state index in [1.165, 1.54) is 0 Å². The SMILES string of the molecule is C[Si](C)(C)CC(C#N)(COc1ccc(Cl)c(Cl)c1)c1cccnc1. The highest BCUT2D eigenvalue weighted by Crippen LogP contribution is 2.34. The molecule has 24 heavy (non-hydrogen) atoms. The summed E-state index contributed by atoms with van der Waals surface area (Å²) in [5.41, 5.74) is 0.153. The topological polar surface area (TPSA) is 45.9 Å². The van der Waals surface area contributed by atoms with Crippen LogP contribution in [0.25, 0.3) is 0 Å². The third kappa shape index (κ3) is 4.73. The van der Waals surface area contributed by atoms with E-state index < -0.39 is 13.5 Å². The molecule has 3 nitrogen and oxygen atoms in total. The van der Waals surface area contributed by atoms with Crippen LogP contribution in [0.2, 0.25) is 35.7 Å². The molecule has 0 bridgehead atoms. The van der Waals surface area contributed by atoms with Gasteiger partial charge in [-0.3, -0.25) is 4.98 Å². The Morgan fingerprint density at radius 3 is 2.50 bits per heavy atom. The highest BCUT2D eigenvalue weighted by molar-refractivity contribution is 6.76. The fraction of sp³-hybridized carbons (Fsp3) is 0.333. The molecule has 0 fully saturated rings. The second-order valence-electron chi connectivity index (χ2n) is 7.04. The van der Waals surface area contributed by atoms with Crippen molar-refractivity contribution < 1.29 is 4.74 Å². The summed E-state index contributed by atoms with van der Waals surface area (Å²) in [6.45, 7) is 6.98. The summed E-state index contributed by atoms with van der Waals surface area (Å²) in [6, 6.07) is 12.2. The summed E-state index contributed by atoms with van der Waals surface area (Å²) in [5.74, 6) is 0.600. The van der Waals surface area contributed by atoms with E-state index in [0.717, 1.165) is 11.6 Å². The molecule has 0 N–H and O–H groups in total. The molecule has 126 valence electrons. The summed E-state index contributed by atoms with van der Waals surface area (Å²) in [4.78, 5) is 4.18. The zero-order valence-electron chi connectivity index (χ0n) is 14.0. The first-order valence-corrected chi connectivity index (χ1v) is 12.1.